The topological polar surface area (TPSA) is 72.8 Å². The lowest BCUT2D eigenvalue weighted by molar-refractivity contribution is 0.417. The summed E-state index contributed by atoms with van der Waals surface area (Å²) in [6.45, 7) is 0. The van der Waals surface area contributed by atoms with Crippen molar-refractivity contribution in [3.8, 4) is 11.5 Å². The summed E-state index contributed by atoms with van der Waals surface area (Å²) in [7, 11) is -2.96. The van der Waals surface area contributed by atoms with E-state index in [-0.39, 0.29) is 4.90 Å². The molecule has 152 valence electrons. The minimum absolute atomic E-state index is 0.180. The van der Waals surface area contributed by atoms with Crippen LogP contribution in [0.1, 0.15) is 0 Å². The summed E-state index contributed by atoms with van der Waals surface area (Å²) in [5.74, 6) is 0.983. The van der Waals surface area contributed by atoms with Crippen LogP contribution in [0.2, 0.25) is 10.0 Å². The van der Waals surface area contributed by atoms with Crippen LogP contribution in [0.15, 0.2) is 65.6 Å². The van der Waals surface area contributed by atoms with Crippen molar-refractivity contribution < 1.29 is 22.4 Å². The Kier molecular flexibility index (Phi) is 6.72. The van der Waals surface area contributed by atoms with Gasteiger partial charge in [0.05, 0.1) is 14.2 Å². The van der Waals surface area contributed by atoms with E-state index in [2.05, 4.69) is 0 Å². The number of hydrogen-bond donors (Lipinski definition) is 1. The van der Waals surface area contributed by atoms with Crippen LogP contribution in [0.25, 0.3) is 0 Å². The maximum atomic E-state index is 12.1. The number of hydrogen-bond acceptors (Lipinski definition) is 4. The lowest BCUT2D eigenvalue weighted by atomic mass is 10.3. The number of rotatable bonds is 6. The highest BCUT2D eigenvalue weighted by Gasteiger charge is 2.29. The monoisotopic (exact) mass is 470 g/mol. The van der Waals surface area contributed by atoms with Gasteiger partial charge in [0.25, 0.3) is 10.1 Å². The first kappa shape index (κ1) is 21.9. The molecular formula is C20H17Cl2O5PS. The van der Waals surface area contributed by atoms with Gasteiger partial charge in [0.15, 0.2) is 0 Å². The molecular weight excluding hydrogens is 454 g/mol. The molecule has 3 aromatic rings. The highest BCUT2D eigenvalue weighted by Crippen LogP contribution is 2.42. The Labute approximate surface area is 180 Å². The van der Waals surface area contributed by atoms with Crippen LogP contribution in [0, 0.1) is 0 Å². The minimum Gasteiger partial charge on any atom is -0.496 e. The molecule has 0 heterocycles. The van der Waals surface area contributed by atoms with Gasteiger partial charge in [-0.2, -0.15) is 8.42 Å². The summed E-state index contributed by atoms with van der Waals surface area (Å²) in [5.41, 5.74) is 0. The third kappa shape index (κ3) is 4.68. The fourth-order valence-corrected chi connectivity index (χ4v) is 6.96. The molecule has 3 rings (SSSR count). The second-order valence-electron chi connectivity index (χ2n) is 5.91. The van der Waals surface area contributed by atoms with E-state index in [9.17, 15) is 13.0 Å². The normalized spacial score (nSPS) is 11.5. The highest BCUT2D eigenvalue weighted by molar-refractivity contribution is 7.88. The van der Waals surface area contributed by atoms with E-state index in [0.29, 0.717) is 37.5 Å². The number of halogens is 2. The predicted molar refractivity (Wildman–Crippen MR) is 118 cm³/mol. The van der Waals surface area contributed by atoms with Gasteiger partial charge < -0.3 is 9.47 Å². The second kappa shape index (κ2) is 8.90. The molecule has 5 nitrogen and oxygen atoms in total. The quantitative estimate of drug-likeness (QED) is 0.435. The molecule has 9 heteroatoms. The first-order chi connectivity index (χ1) is 13.8. The molecule has 1 N–H and O–H groups in total. The number of benzene rings is 3. The van der Waals surface area contributed by atoms with E-state index in [0.717, 1.165) is 0 Å². The van der Waals surface area contributed by atoms with Crippen LogP contribution in [-0.2, 0) is 10.1 Å². The SMILES string of the molecule is COc1cc(Cl)ccc1P(c1ccc(Cl)cc1OC)c1ccccc1S(=O)(=O)O. The van der Waals surface area contributed by atoms with Crippen LogP contribution >= 0.6 is 31.1 Å². The largest absolute Gasteiger partial charge is 0.496 e. The average molecular weight is 471 g/mol. The molecule has 0 aliphatic rings. The number of ether oxygens (including phenoxy) is 2. The van der Waals surface area contributed by atoms with E-state index in [4.69, 9.17) is 32.7 Å². The average Bonchev–Trinajstić information content (AvgIpc) is 2.69. The van der Waals surface area contributed by atoms with Crippen molar-refractivity contribution in [3.05, 3.63) is 70.7 Å². The summed E-state index contributed by atoms with van der Waals surface area (Å²) in [6, 6.07) is 16.6. The van der Waals surface area contributed by atoms with Crippen molar-refractivity contribution in [2.45, 2.75) is 4.90 Å². The summed E-state index contributed by atoms with van der Waals surface area (Å²) in [6.07, 6.45) is 0. The Hall–Kier alpha value is -1.82. The van der Waals surface area contributed by atoms with Crippen LogP contribution in [0.5, 0.6) is 11.5 Å². The molecule has 0 unspecified atom stereocenters. The van der Waals surface area contributed by atoms with Crippen molar-refractivity contribution >= 4 is 57.2 Å². The number of methoxy groups -OCH3 is 2. The van der Waals surface area contributed by atoms with E-state index >= 15 is 0 Å². The van der Waals surface area contributed by atoms with Gasteiger partial charge in [-0.05, 0) is 50.4 Å². The first-order valence-electron chi connectivity index (χ1n) is 8.30. The van der Waals surface area contributed by atoms with E-state index < -0.39 is 18.0 Å². The van der Waals surface area contributed by atoms with Gasteiger partial charge in [0.1, 0.15) is 16.4 Å². The molecule has 0 aliphatic heterocycles. The van der Waals surface area contributed by atoms with E-state index in [1.165, 1.54) is 20.3 Å². The molecule has 0 saturated carbocycles. The molecule has 0 spiro atoms. The lowest BCUT2D eigenvalue weighted by Gasteiger charge is -2.24. The summed E-state index contributed by atoms with van der Waals surface area (Å²) in [5, 5.41) is 2.80. The summed E-state index contributed by atoms with van der Waals surface area (Å²) in [4.78, 5) is -0.180. The molecule has 0 aromatic heterocycles. The van der Waals surface area contributed by atoms with Crippen molar-refractivity contribution in [2.75, 3.05) is 14.2 Å². The van der Waals surface area contributed by atoms with Crippen LogP contribution in [0.4, 0.5) is 0 Å². The molecule has 29 heavy (non-hydrogen) atoms. The third-order valence-corrected chi connectivity index (χ3v) is 8.26. The van der Waals surface area contributed by atoms with Gasteiger partial charge in [0, 0.05) is 26.0 Å². The predicted octanol–water partition coefficient (Wildman–Crippen LogP) is 4.02. The van der Waals surface area contributed by atoms with Crippen LogP contribution in [-0.4, -0.2) is 27.2 Å². The fourth-order valence-electron chi connectivity index (χ4n) is 2.92. The van der Waals surface area contributed by atoms with Gasteiger partial charge in [-0.25, -0.2) is 0 Å². The molecule has 0 saturated heterocycles. The minimum atomic E-state index is -4.47. The lowest BCUT2D eigenvalue weighted by Crippen LogP contribution is -2.26. The molecule has 0 atom stereocenters. The van der Waals surface area contributed by atoms with Crippen molar-refractivity contribution in [3.63, 3.8) is 0 Å². The van der Waals surface area contributed by atoms with E-state index in [1.807, 2.05) is 0 Å². The van der Waals surface area contributed by atoms with Gasteiger partial charge in [-0.15, -0.1) is 0 Å². The second-order valence-corrected chi connectivity index (χ2v) is 10.3. The Bertz CT molecular complexity index is 1100. The van der Waals surface area contributed by atoms with Crippen LogP contribution in [0.3, 0.4) is 0 Å². The zero-order chi connectivity index (χ0) is 21.2. The standard InChI is InChI=1S/C20H17Cl2O5PS/c1-26-15-11-13(21)7-9-17(15)28(18-10-8-14(22)12-16(18)27-2)19-5-3-4-6-20(19)29(23,24)25/h3-12H,1-2H3,(H,23,24,25). The Morgan fingerprint density at radius 2 is 1.28 bits per heavy atom. The smallest absolute Gasteiger partial charge is 0.295 e. The molecule has 0 aliphatic carbocycles. The van der Waals surface area contributed by atoms with E-state index in [1.54, 1.807) is 54.6 Å². The molecule has 3 aromatic carbocycles. The first-order valence-corrected chi connectivity index (χ1v) is 11.8. The fraction of sp³-hybridized carbons (Fsp3) is 0.100. The zero-order valence-electron chi connectivity index (χ0n) is 15.5. The molecule has 0 amide bonds. The summed E-state index contributed by atoms with van der Waals surface area (Å²) >= 11 is 12.2. The Balaban J connectivity index is 2.40. The maximum Gasteiger partial charge on any atom is 0.295 e. The van der Waals surface area contributed by atoms with Gasteiger partial charge in [-0.1, -0.05) is 41.4 Å². The molecule has 0 fully saturated rings. The molecule has 0 bridgehead atoms. The Morgan fingerprint density at radius 1 is 0.793 bits per heavy atom. The van der Waals surface area contributed by atoms with Gasteiger partial charge in [-0.3, -0.25) is 4.55 Å². The highest BCUT2D eigenvalue weighted by atomic mass is 35.5. The van der Waals surface area contributed by atoms with Crippen molar-refractivity contribution in [1.82, 2.24) is 0 Å². The zero-order valence-corrected chi connectivity index (χ0v) is 18.7. The van der Waals surface area contributed by atoms with Gasteiger partial charge >= 0.3 is 0 Å². The maximum absolute atomic E-state index is 12.1. The van der Waals surface area contributed by atoms with Crippen molar-refractivity contribution in [2.24, 2.45) is 0 Å². The van der Waals surface area contributed by atoms with Crippen molar-refractivity contribution in [1.29, 1.82) is 0 Å². The third-order valence-electron chi connectivity index (χ3n) is 4.15. The molecule has 0 radical (unpaired) electrons. The van der Waals surface area contributed by atoms with Gasteiger partial charge in [0.2, 0.25) is 0 Å². The Morgan fingerprint density at radius 3 is 1.72 bits per heavy atom. The van der Waals surface area contributed by atoms with Crippen LogP contribution < -0.4 is 25.4 Å². The summed E-state index contributed by atoms with van der Waals surface area (Å²) < 4.78 is 45.1.